The van der Waals surface area contributed by atoms with Crippen LogP contribution in [0.5, 0.6) is 0 Å². The number of carbonyl (C=O) groups excluding carboxylic acids is 1. The topological polar surface area (TPSA) is 102 Å². The molecule has 1 unspecified atom stereocenters. The number of benzene rings is 2. The van der Waals surface area contributed by atoms with Crippen LogP contribution in [0, 0.1) is 0 Å². The van der Waals surface area contributed by atoms with Crippen molar-refractivity contribution in [3.05, 3.63) is 82.9 Å². The molecule has 0 amide bonds. The minimum atomic E-state index is -0.209. The number of esters is 1. The largest absolute Gasteiger partial charge is 0.457 e. The van der Waals surface area contributed by atoms with Gasteiger partial charge in [-0.05, 0) is 35.9 Å². The first kappa shape index (κ1) is 19.7. The van der Waals surface area contributed by atoms with Crippen LogP contribution >= 0.6 is 0 Å². The fourth-order valence-corrected chi connectivity index (χ4v) is 4.55. The molecule has 1 atom stereocenters. The molecule has 9 nitrogen and oxygen atoms in total. The van der Waals surface area contributed by atoms with E-state index in [0.29, 0.717) is 12.2 Å². The molecule has 0 aliphatic carbocycles. The number of hydrogen-bond acceptors (Lipinski definition) is 6. The summed E-state index contributed by atoms with van der Waals surface area (Å²) in [5, 5.41) is 10.3. The minimum absolute atomic E-state index is 0.209. The van der Waals surface area contributed by atoms with Crippen molar-refractivity contribution in [3.63, 3.8) is 0 Å². The van der Waals surface area contributed by atoms with Crippen molar-refractivity contribution in [2.24, 2.45) is 0 Å². The number of aromatic nitrogens is 6. The van der Waals surface area contributed by atoms with E-state index < -0.39 is 0 Å². The van der Waals surface area contributed by atoms with Gasteiger partial charge in [-0.2, -0.15) is 0 Å². The van der Waals surface area contributed by atoms with E-state index in [0.717, 1.165) is 60.8 Å². The molecule has 33 heavy (non-hydrogen) atoms. The van der Waals surface area contributed by atoms with E-state index >= 15 is 0 Å². The van der Waals surface area contributed by atoms with E-state index in [4.69, 9.17) is 9.72 Å². The smallest absolute Gasteiger partial charge is 0.338 e. The molecule has 2 aliphatic heterocycles. The van der Waals surface area contributed by atoms with Crippen LogP contribution in [0.25, 0.3) is 17.1 Å². The number of ether oxygens (including phenoxy) is 1. The van der Waals surface area contributed by atoms with Crippen LogP contribution < -0.4 is 9.58 Å². The van der Waals surface area contributed by atoms with Crippen LogP contribution in [0.1, 0.15) is 32.7 Å². The maximum Gasteiger partial charge on any atom is 0.338 e. The van der Waals surface area contributed by atoms with Gasteiger partial charge in [0, 0.05) is 35.7 Å². The van der Waals surface area contributed by atoms with Gasteiger partial charge in [0.2, 0.25) is 0 Å². The number of quaternary nitrogens is 1. The average Bonchev–Trinajstić information content (AvgIpc) is 3.53. The fraction of sp³-hybridized carbons (Fsp3) is 0.250. The molecule has 2 N–H and O–H groups in total. The van der Waals surface area contributed by atoms with E-state index in [9.17, 15) is 4.79 Å². The third-order valence-electron chi connectivity index (χ3n) is 6.41. The monoisotopic (exact) mass is 441 g/mol. The van der Waals surface area contributed by atoms with Crippen molar-refractivity contribution < 1.29 is 19.1 Å². The van der Waals surface area contributed by atoms with Crippen LogP contribution in [0.4, 0.5) is 0 Å². The fourth-order valence-electron chi connectivity index (χ4n) is 4.55. The second-order valence-corrected chi connectivity index (χ2v) is 8.51. The standard InChI is InChI=1S/C24H21N7O2/c32-24-21-6-1-16(11-18(21)14-33-24)7-9-30-10-8-22-19(13-30)12-25-23(27-22)17-2-4-20(5-3-17)31-15-26-28-29-31/h1-6,11-12,15H,7-10,13-14H2/p+2. The minimum Gasteiger partial charge on any atom is -0.457 e. The highest BCUT2D eigenvalue weighted by Gasteiger charge is 2.23. The highest BCUT2D eigenvalue weighted by molar-refractivity contribution is 5.93. The highest BCUT2D eigenvalue weighted by atomic mass is 16.5. The summed E-state index contributed by atoms with van der Waals surface area (Å²) in [4.78, 5) is 22.7. The maximum absolute atomic E-state index is 11.6. The Bertz CT molecular complexity index is 1320. The van der Waals surface area contributed by atoms with Gasteiger partial charge in [0.15, 0.2) is 11.0 Å². The van der Waals surface area contributed by atoms with E-state index in [2.05, 4.69) is 26.6 Å². The lowest BCUT2D eigenvalue weighted by molar-refractivity contribution is -0.915. The Hall–Kier alpha value is -3.98. The van der Waals surface area contributed by atoms with Gasteiger partial charge in [-0.1, -0.05) is 17.3 Å². The molecule has 2 aliphatic rings. The van der Waals surface area contributed by atoms with Crippen molar-refractivity contribution >= 4 is 5.97 Å². The lowest BCUT2D eigenvalue weighted by Gasteiger charge is -2.25. The molecule has 0 saturated carbocycles. The average molecular weight is 441 g/mol. The highest BCUT2D eigenvalue weighted by Crippen LogP contribution is 2.21. The lowest BCUT2D eigenvalue weighted by atomic mass is 10.0. The van der Waals surface area contributed by atoms with Crippen LogP contribution in [-0.2, 0) is 30.7 Å². The number of nitrogens with one attached hydrogen (secondary N) is 2. The molecule has 0 spiro atoms. The van der Waals surface area contributed by atoms with E-state index in [1.54, 1.807) is 11.0 Å². The van der Waals surface area contributed by atoms with Crippen molar-refractivity contribution in [2.45, 2.75) is 26.0 Å². The number of cyclic esters (lactones) is 1. The van der Waals surface area contributed by atoms with Gasteiger partial charge in [-0.3, -0.25) is 0 Å². The van der Waals surface area contributed by atoms with Gasteiger partial charge in [0.1, 0.15) is 23.9 Å². The van der Waals surface area contributed by atoms with Crippen molar-refractivity contribution in [1.82, 2.24) is 25.5 Å². The summed E-state index contributed by atoms with van der Waals surface area (Å²) in [5.74, 6) is 0.547. The summed E-state index contributed by atoms with van der Waals surface area (Å²) in [5.41, 5.74) is 7.27. The molecule has 0 fully saturated rings. The molecule has 0 radical (unpaired) electrons. The van der Waals surface area contributed by atoms with Gasteiger partial charge in [-0.25, -0.2) is 14.8 Å². The van der Waals surface area contributed by atoms with Gasteiger partial charge in [0.25, 0.3) is 6.33 Å². The Morgan fingerprint density at radius 1 is 1.12 bits per heavy atom. The molecule has 6 rings (SSSR count). The number of hydrogen-bond donors (Lipinski definition) is 2. The summed E-state index contributed by atoms with van der Waals surface area (Å²) >= 11 is 0. The predicted octanol–water partition coefficient (Wildman–Crippen LogP) is 0.393. The quantitative estimate of drug-likeness (QED) is 0.343. The first-order valence-corrected chi connectivity index (χ1v) is 11.1. The molecule has 164 valence electrons. The Morgan fingerprint density at radius 3 is 2.88 bits per heavy atom. The SMILES string of the molecule is O=C1OCc2cc(CC[NH+]3CCc4nc(-c5ccc(-[n+]6cnn[nH]6)cc5)ncc4C3)ccc21. The zero-order valence-corrected chi connectivity index (χ0v) is 18.0. The zero-order chi connectivity index (χ0) is 22.2. The van der Waals surface area contributed by atoms with Crippen molar-refractivity contribution in [1.29, 1.82) is 0 Å². The first-order valence-electron chi connectivity index (χ1n) is 11.1. The van der Waals surface area contributed by atoms with Crippen molar-refractivity contribution in [2.75, 3.05) is 13.1 Å². The second-order valence-electron chi connectivity index (χ2n) is 8.51. The predicted molar refractivity (Wildman–Crippen MR) is 116 cm³/mol. The number of fused-ring (bicyclic) bond motifs is 2. The third-order valence-corrected chi connectivity index (χ3v) is 6.41. The summed E-state index contributed by atoms with van der Waals surface area (Å²) in [7, 11) is 0. The zero-order valence-electron chi connectivity index (χ0n) is 18.0. The first-order chi connectivity index (χ1) is 16.2. The summed E-state index contributed by atoms with van der Waals surface area (Å²) in [6.07, 6.45) is 5.52. The maximum atomic E-state index is 11.6. The van der Waals surface area contributed by atoms with Crippen LogP contribution in [0.15, 0.2) is 55.0 Å². The second kappa shape index (κ2) is 8.18. The molecule has 9 heteroatoms. The Kier molecular flexibility index (Phi) is 4.88. The number of aromatic amines is 1. The van der Waals surface area contributed by atoms with Gasteiger partial charge >= 0.3 is 5.97 Å². The summed E-state index contributed by atoms with van der Waals surface area (Å²) in [6, 6.07) is 14.1. The summed E-state index contributed by atoms with van der Waals surface area (Å²) in [6.45, 7) is 3.42. The summed E-state index contributed by atoms with van der Waals surface area (Å²) < 4.78 is 6.85. The molecular weight excluding hydrogens is 418 g/mol. The lowest BCUT2D eigenvalue weighted by Crippen LogP contribution is -3.12. The molecule has 2 aromatic heterocycles. The van der Waals surface area contributed by atoms with E-state index in [-0.39, 0.29) is 5.97 Å². The van der Waals surface area contributed by atoms with Gasteiger partial charge in [0.05, 0.1) is 24.3 Å². The molecule has 0 bridgehead atoms. The molecule has 2 aromatic carbocycles. The Morgan fingerprint density at radius 2 is 2.03 bits per heavy atom. The van der Waals surface area contributed by atoms with Gasteiger partial charge < -0.3 is 9.64 Å². The number of tetrazole rings is 1. The third kappa shape index (κ3) is 3.87. The van der Waals surface area contributed by atoms with Crippen LogP contribution in [-0.4, -0.2) is 44.6 Å². The Labute approximate surface area is 190 Å². The molecule has 0 saturated heterocycles. The van der Waals surface area contributed by atoms with Crippen molar-refractivity contribution in [3.8, 4) is 17.1 Å². The molecular formula is C24H23N7O2+2. The normalized spacial score (nSPS) is 16.8. The van der Waals surface area contributed by atoms with E-state index in [1.807, 2.05) is 42.6 Å². The van der Waals surface area contributed by atoms with Gasteiger partial charge in [-0.15, -0.1) is 4.68 Å². The number of nitrogens with zero attached hydrogens (tertiary/aromatic N) is 5. The van der Waals surface area contributed by atoms with Crippen LogP contribution in [0.2, 0.25) is 0 Å². The van der Waals surface area contributed by atoms with E-state index in [1.165, 1.54) is 16.0 Å². The molecule has 4 heterocycles. The number of H-pyrrole nitrogens is 1. The number of carbonyl (C=O) groups is 1. The van der Waals surface area contributed by atoms with Crippen LogP contribution in [0.3, 0.4) is 0 Å². The Balaban J connectivity index is 1.11. The molecule has 4 aromatic rings. The number of rotatable bonds is 5.